The predicted molar refractivity (Wildman–Crippen MR) is 64.8 cm³/mol. The lowest BCUT2D eigenvalue weighted by molar-refractivity contribution is -0.190. The molecule has 20 heavy (non-hydrogen) atoms. The van der Waals surface area contributed by atoms with E-state index in [0.29, 0.717) is 10.9 Å². The van der Waals surface area contributed by atoms with Crippen LogP contribution in [-0.4, -0.2) is 28.3 Å². The largest absolute Gasteiger partial charge is 0.477 e. The molecular weight excluding hydrogens is 275 g/mol. The van der Waals surface area contributed by atoms with Gasteiger partial charge in [0.1, 0.15) is 5.56 Å². The lowest BCUT2D eigenvalue weighted by Crippen LogP contribution is -2.32. The Morgan fingerprint density at radius 1 is 1.35 bits per heavy atom. The van der Waals surface area contributed by atoms with Crippen LogP contribution in [0.2, 0.25) is 0 Å². The fourth-order valence-electron chi connectivity index (χ4n) is 1.58. The Hall–Kier alpha value is -2.31. The second kappa shape index (κ2) is 4.99. The summed E-state index contributed by atoms with van der Waals surface area (Å²) in [6, 6.07) is 7.74. The first-order chi connectivity index (χ1) is 9.29. The smallest absolute Gasteiger partial charge is 0.425 e. The maximum absolute atomic E-state index is 12.5. The van der Waals surface area contributed by atoms with Crippen LogP contribution in [0.5, 0.6) is 5.88 Å². The van der Waals surface area contributed by atoms with Crippen LogP contribution in [0.15, 0.2) is 30.3 Å². The third kappa shape index (κ3) is 2.81. The lowest BCUT2D eigenvalue weighted by Gasteiger charge is -2.18. The van der Waals surface area contributed by atoms with E-state index in [-0.39, 0.29) is 0 Å². The highest BCUT2D eigenvalue weighted by atomic mass is 19.4. The van der Waals surface area contributed by atoms with Crippen molar-refractivity contribution in [3.8, 4) is 5.88 Å². The van der Waals surface area contributed by atoms with Gasteiger partial charge in [0.25, 0.3) is 0 Å². The van der Waals surface area contributed by atoms with Gasteiger partial charge in [-0.2, -0.15) is 13.2 Å². The molecule has 4 nitrogen and oxygen atoms in total. The molecule has 7 heteroatoms. The fraction of sp³-hybridized carbons (Fsp3) is 0.231. The first-order valence-corrected chi connectivity index (χ1v) is 5.65. The number of benzene rings is 1. The monoisotopic (exact) mass is 285 g/mol. The van der Waals surface area contributed by atoms with Gasteiger partial charge in [0.15, 0.2) is 6.10 Å². The zero-order valence-corrected chi connectivity index (χ0v) is 10.3. The van der Waals surface area contributed by atoms with Gasteiger partial charge in [-0.25, -0.2) is 9.78 Å². The number of aromatic carboxylic acids is 1. The Balaban J connectivity index is 2.50. The topological polar surface area (TPSA) is 59.4 Å². The Kier molecular flexibility index (Phi) is 3.52. The Labute approximate surface area is 111 Å². The van der Waals surface area contributed by atoms with Crippen LogP contribution in [0.3, 0.4) is 0 Å². The summed E-state index contributed by atoms with van der Waals surface area (Å²) in [6.45, 7) is 0.794. The van der Waals surface area contributed by atoms with Crippen LogP contribution in [0.25, 0.3) is 10.9 Å². The number of hydrogen-bond donors (Lipinski definition) is 1. The molecule has 0 amide bonds. The normalized spacial score (nSPS) is 13.2. The van der Waals surface area contributed by atoms with E-state index in [1.807, 2.05) is 0 Å². The quantitative estimate of drug-likeness (QED) is 0.940. The molecular formula is C13H10F3NO3. The highest BCUT2D eigenvalue weighted by Gasteiger charge is 2.39. The van der Waals surface area contributed by atoms with Gasteiger partial charge < -0.3 is 9.84 Å². The molecule has 1 N–H and O–H groups in total. The van der Waals surface area contributed by atoms with E-state index in [1.54, 1.807) is 24.3 Å². The molecule has 0 aliphatic rings. The zero-order valence-electron chi connectivity index (χ0n) is 10.3. The van der Waals surface area contributed by atoms with Crippen molar-refractivity contribution < 1.29 is 27.8 Å². The Morgan fingerprint density at radius 2 is 2.00 bits per heavy atom. The van der Waals surface area contributed by atoms with Gasteiger partial charge in [0, 0.05) is 5.39 Å². The van der Waals surface area contributed by atoms with Gasteiger partial charge in [-0.3, -0.25) is 0 Å². The molecule has 1 unspecified atom stereocenters. The van der Waals surface area contributed by atoms with E-state index in [1.165, 1.54) is 6.07 Å². The maximum atomic E-state index is 12.5. The molecule has 2 rings (SSSR count). The fourth-order valence-corrected chi connectivity index (χ4v) is 1.58. The summed E-state index contributed by atoms with van der Waals surface area (Å²) in [6.07, 6.45) is -6.74. The number of halogens is 3. The summed E-state index contributed by atoms with van der Waals surface area (Å²) >= 11 is 0. The van der Waals surface area contributed by atoms with Crippen molar-refractivity contribution in [2.24, 2.45) is 0 Å². The average molecular weight is 285 g/mol. The number of carbonyl (C=O) groups is 1. The molecule has 0 radical (unpaired) electrons. The van der Waals surface area contributed by atoms with Crippen LogP contribution >= 0.6 is 0 Å². The Morgan fingerprint density at radius 3 is 2.60 bits per heavy atom. The number of rotatable bonds is 3. The first kappa shape index (κ1) is 14.1. The molecule has 0 fully saturated rings. The summed E-state index contributed by atoms with van der Waals surface area (Å²) in [7, 11) is 0. The molecule has 1 aromatic carbocycles. The van der Waals surface area contributed by atoms with Crippen molar-refractivity contribution in [3.63, 3.8) is 0 Å². The predicted octanol–water partition coefficient (Wildman–Crippen LogP) is 3.26. The van der Waals surface area contributed by atoms with Gasteiger partial charge >= 0.3 is 12.1 Å². The highest BCUT2D eigenvalue weighted by Crippen LogP contribution is 2.28. The van der Waals surface area contributed by atoms with E-state index in [2.05, 4.69) is 9.72 Å². The van der Waals surface area contributed by atoms with E-state index in [0.717, 1.165) is 6.92 Å². The van der Waals surface area contributed by atoms with Crippen molar-refractivity contribution in [1.82, 2.24) is 4.98 Å². The van der Waals surface area contributed by atoms with Crippen LogP contribution in [0, 0.1) is 0 Å². The molecule has 1 heterocycles. The van der Waals surface area contributed by atoms with Crippen LogP contribution in [0.4, 0.5) is 13.2 Å². The van der Waals surface area contributed by atoms with Gasteiger partial charge in [-0.15, -0.1) is 0 Å². The second-order valence-corrected chi connectivity index (χ2v) is 4.14. The van der Waals surface area contributed by atoms with E-state index >= 15 is 0 Å². The van der Waals surface area contributed by atoms with E-state index in [9.17, 15) is 18.0 Å². The number of carboxylic acids is 1. The molecule has 0 aliphatic carbocycles. The number of carboxylic acid groups (broad SMARTS) is 1. The summed E-state index contributed by atoms with van der Waals surface area (Å²) < 4.78 is 42.1. The van der Waals surface area contributed by atoms with Crippen molar-refractivity contribution in [1.29, 1.82) is 0 Å². The minimum atomic E-state index is -4.59. The number of nitrogens with zero attached hydrogens (tertiary/aromatic N) is 1. The van der Waals surface area contributed by atoms with Crippen LogP contribution < -0.4 is 4.74 Å². The summed E-state index contributed by atoms with van der Waals surface area (Å²) in [5.74, 6) is -1.94. The zero-order chi connectivity index (χ0) is 14.9. The summed E-state index contributed by atoms with van der Waals surface area (Å²) in [4.78, 5) is 14.9. The summed E-state index contributed by atoms with van der Waals surface area (Å²) in [5.41, 5.74) is -0.0401. The van der Waals surface area contributed by atoms with Crippen molar-refractivity contribution in [2.75, 3.05) is 0 Å². The number of alkyl halides is 3. The minimum absolute atomic E-state index is 0.363. The van der Waals surface area contributed by atoms with Crippen molar-refractivity contribution >= 4 is 16.9 Å². The Bertz CT molecular complexity index is 655. The van der Waals surface area contributed by atoms with Crippen molar-refractivity contribution in [3.05, 3.63) is 35.9 Å². The molecule has 0 saturated heterocycles. The second-order valence-electron chi connectivity index (χ2n) is 4.14. The van der Waals surface area contributed by atoms with Gasteiger partial charge in [-0.05, 0) is 19.1 Å². The number of hydrogen-bond acceptors (Lipinski definition) is 3. The van der Waals surface area contributed by atoms with Gasteiger partial charge in [0.2, 0.25) is 5.88 Å². The molecule has 1 aromatic heterocycles. The van der Waals surface area contributed by atoms with E-state index in [4.69, 9.17) is 5.11 Å². The molecule has 2 aromatic rings. The lowest BCUT2D eigenvalue weighted by atomic mass is 10.1. The first-order valence-electron chi connectivity index (χ1n) is 5.65. The third-order valence-corrected chi connectivity index (χ3v) is 2.67. The van der Waals surface area contributed by atoms with Crippen LogP contribution in [0.1, 0.15) is 17.3 Å². The minimum Gasteiger partial charge on any atom is -0.477 e. The molecule has 1 atom stereocenters. The number of pyridine rings is 1. The summed E-state index contributed by atoms with van der Waals surface area (Å²) in [5, 5.41) is 9.55. The highest BCUT2D eigenvalue weighted by molar-refractivity contribution is 5.95. The molecule has 106 valence electrons. The molecule has 0 aliphatic heterocycles. The number of para-hydroxylation sites is 1. The molecule has 0 bridgehead atoms. The number of fused-ring (bicyclic) bond motifs is 1. The van der Waals surface area contributed by atoms with Crippen LogP contribution in [-0.2, 0) is 0 Å². The van der Waals surface area contributed by atoms with Crippen molar-refractivity contribution in [2.45, 2.75) is 19.2 Å². The van der Waals surface area contributed by atoms with Gasteiger partial charge in [0.05, 0.1) is 5.52 Å². The number of ether oxygens (including phenoxy) is 1. The van der Waals surface area contributed by atoms with Gasteiger partial charge in [-0.1, -0.05) is 18.2 Å². The molecule has 0 saturated carbocycles. The molecule has 0 spiro atoms. The number of aromatic nitrogens is 1. The van der Waals surface area contributed by atoms with E-state index < -0.39 is 29.7 Å². The standard InChI is InChI=1S/C13H10F3NO3/c1-7(13(14,15)16)20-11-9(12(18)19)6-8-4-2-3-5-10(8)17-11/h2-7H,1H3,(H,18,19). The third-order valence-electron chi connectivity index (χ3n) is 2.67. The maximum Gasteiger partial charge on any atom is 0.425 e. The average Bonchev–Trinajstić information content (AvgIpc) is 2.36. The SMILES string of the molecule is CC(Oc1nc2ccccc2cc1C(=O)O)C(F)(F)F.